The van der Waals surface area contributed by atoms with Crippen molar-refractivity contribution in [1.29, 1.82) is 0 Å². The lowest BCUT2D eigenvalue weighted by Gasteiger charge is -2.12. The molecular formula is C29H28BF4NO. The first-order chi connectivity index (χ1) is 17.1. The van der Waals surface area contributed by atoms with Gasteiger partial charge in [0, 0.05) is 25.3 Å². The molecule has 0 aliphatic carbocycles. The summed E-state index contributed by atoms with van der Waals surface area (Å²) in [4.78, 5) is 2.11. The summed E-state index contributed by atoms with van der Waals surface area (Å²) in [7, 11) is -1.89. The maximum atomic E-state index is 9.75. The number of nitrogens with zero attached hydrogens (tertiary/aromatic N) is 1. The van der Waals surface area contributed by atoms with Crippen molar-refractivity contribution in [1.82, 2.24) is 0 Å². The summed E-state index contributed by atoms with van der Waals surface area (Å²) in [6.07, 6.45) is 3.10. The fraction of sp³-hybridized carbons (Fsp3) is 0.138. The van der Waals surface area contributed by atoms with Gasteiger partial charge in [-0.15, -0.1) is 0 Å². The minimum absolute atomic E-state index is 0.874. The Kier molecular flexibility index (Phi) is 9.06. The molecule has 7 heteroatoms. The molecule has 0 atom stereocenters. The van der Waals surface area contributed by atoms with Crippen LogP contribution in [0.25, 0.3) is 34.1 Å². The largest absolute Gasteiger partial charge is 0.673 e. The summed E-state index contributed by atoms with van der Waals surface area (Å²) in [5.74, 6) is 1.78. The molecule has 0 saturated heterocycles. The summed E-state index contributed by atoms with van der Waals surface area (Å²) in [6.45, 7) is 2.17. The minimum Gasteiger partial charge on any atom is -0.418 e. The van der Waals surface area contributed by atoms with Gasteiger partial charge >= 0.3 is 18.8 Å². The van der Waals surface area contributed by atoms with Crippen LogP contribution in [0.5, 0.6) is 0 Å². The maximum Gasteiger partial charge on any atom is 0.673 e. The standard InChI is InChI=1S/C29H28NO.BF4/c1-4-23(19-22-15-17-27(18-16-22)30(2)3)28-20-26(24-11-7-5-8-12-24)21-29(31-28)25-13-9-6-10-14-25;2-1(3,4)5/h5-21H,4H2,1-3H3;/q+1;-1. The Hall–Kier alpha value is -3.87. The highest BCUT2D eigenvalue weighted by Crippen LogP contribution is 2.33. The zero-order chi connectivity index (χ0) is 26.1. The SMILES string of the molecule is CCC(=Cc1ccc(N(C)C)cc1)c1cc(-c2ccccc2)cc(-c2ccccc2)[o+]1.F[B-](F)(F)F. The van der Waals surface area contributed by atoms with Gasteiger partial charge in [-0.2, -0.15) is 0 Å². The van der Waals surface area contributed by atoms with Gasteiger partial charge in [-0.25, -0.2) is 4.42 Å². The Morgan fingerprint density at radius 2 is 1.28 bits per heavy atom. The van der Waals surface area contributed by atoms with Crippen LogP contribution in [0.15, 0.2) is 101 Å². The minimum atomic E-state index is -6.00. The molecule has 1 aromatic heterocycles. The third-order valence-electron chi connectivity index (χ3n) is 5.41. The molecule has 3 aromatic carbocycles. The predicted molar refractivity (Wildman–Crippen MR) is 143 cm³/mol. The van der Waals surface area contributed by atoms with Crippen molar-refractivity contribution >= 4 is 24.6 Å². The summed E-state index contributed by atoms with van der Waals surface area (Å²) >= 11 is 0. The number of anilines is 1. The Morgan fingerprint density at radius 1 is 0.750 bits per heavy atom. The molecule has 1 heterocycles. The Morgan fingerprint density at radius 3 is 1.78 bits per heavy atom. The van der Waals surface area contributed by atoms with Gasteiger partial charge < -0.3 is 22.2 Å². The van der Waals surface area contributed by atoms with Crippen LogP contribution in [-0.4, -0.2) is 21.3 Å². The van der Waals surface area contributed by atoms with E-state index in [1.54, 1.807) is 0 Å². The van der Waals surface area contributed by atoms with Gasteiger partial charge in [0.1, 0.15) is 0 Å². The third-order valence-corrected chi connectivity index (χ3v) is 5.41. The van der Waals surface area contributed by atoms with E-state index < -0.39 is 7.25 Å². The second-order valence-electron chi connectivity index (χ2n) is 8.31. The van der Waals surface area contributed by atoms with Crippen molar-refractivity contribution in [2.45, 2.75) is 13.3 Å². The normalized spacial score (nSPS) is 11.5. The van der Waals surface area contributed by atoms with Crippen LogP contribution < -0.4 is 4.90 Å². The highest BCUT2D eigenvalue weighted by atomic mass is 19.5. The first kappa shape index (κ1) is 26.7. The molecule has 0 bridgehead atoms. The lowest BCUT2D eigenvalue weighted by Crippen LogP contribution is -2.07. The average Bonchev–Trinajstić information content (AvgIpc) is 2.87. The first-order valence-corrected chi connectivity index (χ1v) is 11.6. The van der Waals surface area contributed by atoms with E-state index >= 15 is 0 Å². The van der Waals surface area contributed by atoms with Crippen LogP contribution in [-0.2, 0) is 0 Å². The number of rotatable bonds is 6. The molecule has 0 aliphatic heterocycles. The monoisotopic (exact) mass is 493 g/mol. The van der Waals surface area contributed by atoms with Crippen LogP contribution in [0.1, 0.15) is 24.7 Å². The van der Waals surface area contributed by atoms with Crippen molar-refractivity contribution in [3.05, 3.63) is 108 Å². The lowest BCUT2D eigenvalue weighted by molar-refractivity contribution is 0.368. The van der Waals surface area contributed by atoms with Gasteiger partial charge in [0.05, 0.1) is 23.3 Å². The molecule has 4 rings (SSSR count). The zero-order valence-electron chi connectivity index (χ0n) is 20.5. The third kappa shape index (κ3) is 8.12. The van der Waals surface area contributed by atoms with Gasteiger partial charge in [-0.05, 0) is 47.9 Å². The number of allylic oxidation sites excluding steroid dienone is 1. The van der Waals surface area contributed by atoms with E-state index in [0.29, 0.717) is 0 Å². The molecular weight excluding hydrogens is 465 g/mol. The molecule has 2 nitrogen and oxygen atoms in total. The molecule has 0 fully saturated rings. The van der Waals surface area contributed by atoms with E-state index in [-0.39, 0.29) is 0 Å². The smallest absolute Gasteiger partial charge is 0.418 e. The molecule has 0 aliphatic rings. The maximum absolute atomic E-state index is 9.75. The second kappa shape index (κ2) is 12.2. The number of hydrogen-bond donors (Lipinski definition) is 0. The van der Waals surface area contributed by atoms with Crippen molar-refractivity contribution in [3.8, 4) is 22.5 Å². The highest BCUT2D eigenvalue weighted by Gasteiger charge is 2.22. The van der Waals surface area contributed by atoms with Crippen LogP contribution in [0.2, 0.25) is 0 Å². The quantitative estimate of drug-likeness (QED) is 0.151. The van der Waals surface area contributed by atoms with Crippen LogP contribution in [0, 0.1) is 0 Å². The van der Waals surface area contributed by atoms with Gasteiger partial charge in [-0.3, -0.25) is 0 Å². The summed E-state index contributed by atoms with van der Waals surface area (Å²) in [5, 5.41) is 0. The van der Waals surface area contributed by atoms with Gasteiger partial charge in [0.25, 0.3) is 0 Å². The number of hydrogen-bond acceptors (Lipinski definition) is 1. The van der Waals surface area contributed by atoms with Crippen LogP contribution in [0.4, 0.5) is 23.0 Å². The van der Waals surface area contributed by atoms with E-state index in [9.17, 15) is 17.3 Å². The number of benzene rings is 3. The molecule has 0 unspecified atom stereocenters. The Balaban J connectivity index is 0.000000658. The number of halogens is 4. The Bertz CT molecular complexity index is 1210. The highest BCUT2D eigenvalue weighted by molar-refractivity contribution is 6.50. The van der Waals surface area contributed by atoms with E-state index in [4.69, 9.17) is 4.42 Å². The van der Waals surface area contributed by atoms with Gasteiger partial charge in [0.15, 0.2) is 0 Å². The van der Waals surface area contributed by atoms with Crippen molar-refractivity contribution in [2.24, 2.45) is 0 Å². The van der Waals surface area contributed by atoms with Crippen molar-refractivity contribution < 1.29 is 21.7 Å². The molecule has 0 amide bonds. The molecule has 0 N–H and O–H groups in total. The van der Waals surface area contributed by atoms with Gasteiger partial charge in [-0.1, -0.05) is 67.6 Å². The topological polar surface area (TPSA) is 14.5 Å². The fourth-order valence-corrected chi connectivity index (χ4v) is 3.62. The first-order valence-electron chi connectivity index (χ1n) is 11.6. The van der Waals surface area contributed by atoms with Crippen LogP contribution >= 0.6 is 0 Å². The molecule has 186 valence electrons. The molecule has 36 heavy (non-hydrogen) atoms. The lowest BCUT2D eigenvalue weighted by atomic mass is 10.00. The Labute approximate surface area is 209 Å². The summed E-state index contributed by atoms with van der Waals surface area (Å²) in [5.41, 5.74) is 6.95. The van der Waals surface area contributed by atoms with Gasteiger partial charge in [0.2, 0.25) is 0 Å². The van der Waals surface area contributed by atoms with E-state index in [2.05, 4.69) is 105 Å². The molecule has 0 spiro atoms. The second-order valence-corrected chi connectivity index (χ2v) is 8.31. The van der Waals surface area contributed by atoms with Crippen molar-refractivity contribution in [2.75, 3.05) is 19.0 Å². The van der Waals surface area contributed by atoms with E-state index in [1.807, 2.05) is 24.3 Å². The van der Waals surface area contributed by atoms with E-state index in [1.165, 1.54) is 22.4 Å². The van der Waals surface area contributed by atoms with Crippen LogP contribution in [0.3, 0.4) is 0 Å². The summed E-state index contributed by atoms with van der Waals surface area (Å²) in [6, 6.07) is 33.7. The molecule has 0 saturated carbocycles. The predicted octanol–water partition coefficient (Wildman–Crippen LogP) is 9.21. The fourth-order valence-electron chi connectivity index (χ4n) is 3.62. The van der Waals surface area contributed by atoms with E-state index in [0.717, 1.165) is 29.1 Å². The molecule has 4 aromatic rings. The average molecular weight is 493 g/mol. The summed E-state index contributed by atoms with van der Waals surface area (Å²) < 4.78 is 45.4. The zero-order valence-corrected chi connectivity index (χ0v) is 20.5. The molecule has 0 radical (unpaired) electrons. The van der Waals surface area contributed by atoms with Crippen molar-refractivity contribution in [3.63, 3.8) is 0 Å².